The molecule has 4 heteroatoms. The number of nitrogens with zero attached hydrogens (tertiary/aromatic N) is 1. The van der Waals surface area contributed by atoms with E-state index in [1.807, 2.05) is 35.2 Å². The Morgan fingerprint density at radius 2 is 1.96 bits per heavy atom. The number of carbonyl (C=O) groups excluding carboxylic acids is 1. The summed E-state index contributed by atoms with van der Waals surface area (Å²) >= 11 is 0. The fourth-order valence-electron chi connectivity index (χ4n) is 3.15. The number of methoxy groups -OCH3 is 1. The zero-order valence-electron chi connectivity index (χ0n) is 13.2. The average molecular weight is 313 g/mol. The standard InChI is InChI=1S/C19H20FNO2/c1-23-15-10-8-14(9-11-15)13-19(22)21-12-4-7-18(21)16-5-2-3-6-17(16)20/h2-3,5-6,8-11,18H,4,7,12-13H2,1H3/t18-/m1/s1. The van der Waals surface area contributed by atoms with E-state index in [0.29, 0.717) is 18.5 Å². The fraction of sp³-hybridized carbons (Fsp3) is 0.316. The molecule has 1 atom stereocenters. The number of likely N-dealkylation sites (tertiary alicyclic amines) is 1. The fourth-order valence-corrected chi connectivity index (χ4v) is 3.15. The van der Waals surface area contributed by atoms with Crippen LogP contribution in [0.25, 0.3) is 0 Å². The Hall–Kier alpha value is -2.36. The molecule has 0 unspecified atom stereocenters. The van der Waals surface area contributed by atoms with Crippen LogP contribution in [0.5, 0.6) is 5.75 Å². The maximum absolute atomic E-state index is 14.0. The molecule has 3 rings (SSSR count). The van der Waals surface area contributed by atoms with Gasteiger partial charge in [-0.3, -0.25) is 4.79 Å². The topological polar surface area (TPSA) is 29.5 Å². The number of benzene rings is 2. The molecule has 0 radical (unpaired) electrons. The molecule has 0 saturated carbocycles. The van der Waals surface area contributed by atoms with E-state index in [4.69, 9.17) is 4.74 Å². The van der Waals surface area contributed by atoms with Crippen molar-refractivity contribution in [1.29, 1.82) is 0 Å². The van der Waals surface area contributed by atoms with Gasteiger partial charge in [-0.1, -0.05) is 30.3 Å². The van der Waals surface area contributed by atoms with Gasteiger partial charge in [0.05, 0.1) is 19.6 Å². The Balaban J connectivity index is 1.74. The maximum atomic E-state index is 14.0. The van der Waals surface area contributed by atoms with Crippen molar-refractivity contribution < 1.29 is 13.9 Å². The van der Waals surface area contributed by atoms with Crippen molar-refractivity contribution in [1.82, 2.24) is 4.90 Å². The van der Waals surface area contributed by atoms with Crippen LogP contribution in [0.1, 0.15) is 30.0 Å². The first-order chi connectivity index (χ1) is 11.2. The summed E-state index contributed by atoms with van der Waals surface area (Å²) in [5.41, 5.74) is 1.56. The van der Waals surface area contributed by atoms with Crippen LogP contribution in [0, 0.1) is 5.82 Å². The summed E-state index contributed by atoms with van der Waals surface area (Å²) in [6.45, 7) is 0.688. The molecule has 1 fully saturated rings. The van der Waals surface area contributed by atoms with Gasteiger partial charge in [-0.15, -0.1) is 0 Å². The summed E-state index contributed by atoms with van der Waals surface area (Å²) < 4.78 is 19.2. The van der Waals surface area contributed by atoms with Crippen LogP contribution in [0.2, 0.25) is 0 Å². The van der Waals surface area contributed by atoms with Gasteiger partial charge in [0.25, 0.3) is 0 Å². The number of rotatable bonds is 4. The molecule has 1 aliphatic heterocycles. The third-order valence-corrected chi connectivity index (χ3v) is 4.35. The van der Waals surface area contributed by atoms with Crippen molar-refractivity contribution >= 4 is 5.91 Å². The van der Waals surface area contributed by atoms with Crippen LogP contribution in [0.3, 0.4) is 0 Å². The number of amides is 1. The lowest BCUT2D eigenvalue weighted by molar-refractivity contribution is -0.131. The van der Waals surface area contributed by atoms with Crippen molar-refractivity contribution in [3.05, 3.63) is 65.5 Å². The van der Waals surface area contributed by atoms with Gasteiger partial charge in [-0.05, 0) is 36.6 Å². The highest BCUT2D eigenvalue weighted by Crippen LogP contribution is 2.33. The minimum Gasteiger partial charge on any atom is -0.497 e. The lowest BCUT2D eigenvalue weighted by atomic mass is 10.0. The first-order valence-electron chi connectivity index (χ1n) is 7.86. The van der Waals surface area contributed by atoms with Crippen LogP contribution in [0.15, 0.2) is 48.5 Å². The van der Waals surface area contributed by atoms with Gasteiger partial charge >= 0.3 is 0 Å². The second-order valence-corrected chi connectivity index (χ2v) is 5.79. The number of halogens is 1. The van der Waals surface area contributed by atoms with Gasteiger partial charge in [-0.2, -0.15) is 0 Å². The van der Waals surface area contributed by atoms with E-state index in [2.05, 4.69) is 0 Å². The Labute approximate surface area is 135 Å². The molecule has 0 spiro atoms. The molecule has 1 saturated heterocycles. The van der Waals surface area contributed by atoms with Crippen molar-refractivity contribution in [2.24, 2.45) is 0 Å². The van der Waals surface area contributed by atoms with Crippen LogP contribution in [-0.4, -0.2) is 24.5 Å². The zero-order valence-corrected chi connectivity index (χ0v) is 13.2. The summed E-state index contributed by atoms with van der Waals surface area (Å²) in [7, 11) is 1.61. The second-order valence-electron chi connectivity index (χ2n) is 5.79. The molecule has 0 aliphatic carbocycles. The lowest BCUT2D eigenvalue weighted by Crippen LogP contribution is -2.32. The smallest absolute Gasteiger partial charge is 0.227 e. The van der Waals surface area contributed by atoms with Gasteiger partial charge in [0.2, 0.25) is 5.91 Å². The van der Waals surface area contributed by atoms with Crippen molar-refractivity contribution in [2.75, 3.05) is 13.7 Å². The van der Waals surface area contributed by atoms with E-state index in [0.717, 1.165) is 24.2 Å². The van der Waals surface area contributed by atoms with E-state index in [-0.39, 0.29) is 17.8 Å². The molecule has 23 heavy (non-hydrogen) atoms. The molecule has 0 aromatic heterocycles. The number of hydrogen-bond donors (Lipinski definition) is 0. The molecule has 1 aliphatic rings. The van der Waals surface area contributed by atoms with Gasteiger partial charge in [-0.25, -0.2) is 4.39 Å². The van der Waals surface area contributed by atoms with Crippen molar-refractivity contribution in [3.63, 3.8) is 0 Å². The Morgan fingerprint density at radius 1 is 1.22 bits per heavy atom. The molecular formula is C19H20FNO2. The van der Waals surface area contributed by atoms with Crippen molar-refractivity contribution in [2.45, 2.75) is 25.3 Å². The van der Waals surface area contributed by atoms with Gasteiger partial charge in [0.15, 0.2) is 0 Å². The van der Waals surface area contributed by atoms with E-state index < -0.39 is 0 Å². The minimum atomic E-state index is -0.235. The highest BCUT2D eigenvalue weighted by molar-refractivity contribution is 5.79. The highest BCUT2D eigenvalue weighted by atomic mass is 19.1. The molecule has 120 valence electrons. The third-order valence-electron chi connectivity index (χ3n) is 4.35. The molecule has 2 aromatic rings. The monoisotopic (exact) mass is 313 g/mol. The van der Waals surface area contributed by atoms with E-state index in [1.165, 1.54) is 6.07 Å². The molecule has 1 amide bonds. The Bertz CT molecular complexity index is 684. The van der Waals surface area contributed by atoms with Crippen molar-refractivity contribution in [3.8, 4) is 5.75 Å². The minimum absolute atomic E-state index is 0.0425. The van der Waals surface area contributed by atoms with Gasteiger partial charge in [0, 0.05) is 12.1 Å². The molecule has 0 bridgehead atoms. The lowest BCUT2D eigenvalue weighted by Gasteiger charge is -2.25. The van der Waals surface area contributed by atoms with E-state index in [9.17, 15) is 9.18 Å². The Morgan fingerprint density at radius 3 is 2.65 bits per heavy atom. The Kier molecular flexibility index (Phi) is 4.60. The van der Waals surface area contributed by atoms with E-state index in [1.54, 1.807) is 19.2 Å². The van der Waals surface area contributed by atoms with E-state index >= 15 is 0 Å². The summed E-state index contributed by atoms with van der Waals surface area (Å²) in [4.78, 5) is 14.4. The molecular weight excluding hydrogens is 293 g/mol. The third kappa shape index (κ3) is 3.36. The molecule has 3 nitrogen and oxygen atoms in total. The summed E-state index contributed by atoms with van der Waals surface area (Å²) in [5, 5.41) is 0. The van der Waals surface area contributed by atoms with Crippen LogP contribution in [-0.2, 0) is 11.2 Å². The van der Waals surface area contributed by atoms with Crippen LogP contribution in [0.4, 0.5) is 4.39 Å². The number of ether oxygens (including phenoxy) is 1. The molecule has 2 aromatic carbocycles. The molecule has 1 heterocycles. The first-order valence-corrected chi connectivity index (χ1v) is 7.86. The zero-order chi connectivity index (χ0) is 16.2. The van der Waals surface area contributed by atoms with Gasteiger partial charge in [0.1, 0.15) is 11.6 Å². The summed E-state index contributed by atoms with van der Waals surface area (Å²) in [6.07, 6.45) is 2.05. The number of carbonyl (C=O) groups is 1. The van der Waals surface area contributed by atoms with Crippen LogP contribution >= 0.6 is 0 Å². The quantitative estimate of drug-likeness (QED) is 0.860. The van der Waals surface area contributed by atoms with Gasteiger partial charge < -0.3 is 9.64 Å². The normalized spacial score (nSPS) is 17.3. The summed E-state index contributed by atoms with van der Waals surface area (Å²) in [5.74, 6) is 0.578. The second kappa shape index (κ2) is 6.82. The molecule has 0 N–H and O–H groups in total. The predicted molar refractivity (Wildman–Crippen MR) is 86.8 cm³/mol. The predicted octanol–water partition coefficient (Wildman–Crippen LogP) is 3.74. The highest BCUT2D eigenvalue weighted by Gasteiger charge is 2.31. The largest absolute Gasteiger partial charge is 0.497 e. The number of hydrogen-bond acceptors (Lipinski definition) is 2. The first kappa shape index (κ1) is 15.5. The SMILES string of the molecule is COc1ccc(CC(=O)N2CCC[C@@H]2c2ccccc2F)cc1. The average Bonchev–Trinajstić information content (AvgIpc) is 3.05. The van der Waals surface area contributed by atoms with Crippen LogP contribution < -0.4 is 4.74 Å². The summed E-state index contributed by atoms with van der Waals surface area (Å²) in [6, 6.07) is 14.1. The maximum Gasteiger partial charge on any atom is 0.227 e.